The van der Waals surface area contributed by atoms with Crippen molar-refractivity contribution >= 4 is 23.2 Å². The second-order valence-electron chi connectivity index (χ2n) is 10.7. The smallest absolute Gasteiger partial charge is 0.374 e. The van der Waals surface area contributed by atoms with Gasteiger partial charge < -0.3 is 19.9 Å². The van der Waals surface area contributed by atoms with E-state index in [-0.39, 0.29) is 29.8 Å². The predicted octanol–water partition coefficient (Wildman–Crippen LogP) is 4.86. The van der Waals surface area contributed by atoms with Gasteiger partial charge in [0, 0.05) is 24.7 Å². The highest BCUT2D eigenvalue weighted by Crippen LogP contribution is 2.41. The molecule has 1 aromatic carbocycles. The summed E-state index contributed by atoms with van der Waals surface area (Å²) in [5, 5.41) is 2.81. The number of rotatable bonds is 4. The van der Waals surface area contributed by atoms with E-state index in [0.29, 0.717) is 42.6 Å². The average Bonchev–Trinajstić information content (AvgIpc) is 3.59. The molecule has 10 heteroatoms. The van der Waals surface area contributed by atoms with Crippen LogP contribution >= 0.6 is 0 Å². The van der Waals surface area contributed by atoms with Gasteiger partial charge in [0.2, 0.25) is 0 Å². The summed E-state index contributed by atoms with van der Waals surface area (Å²) >= 11 is 0. The Balaban J connectivity index is 1.32. The molecule has 0 spiro atoms. The topological polar surface area (TPSA) is 74.8 Å². The fraction of sp³-hybridized carbons (Fsp3) is 0.519. The van der Waals surface area contributed by atoms with Crippen LogP contribution in [0.15, 0.2) is 30.3 Å². The van der Waals surface area contributed by atoms with Gasteiger partial charge >= 0.3 is 6.18 Å². The van der Waals surface area contributed by atoms with Crippen molar-refractivity contribution in [2.75, 3.05) is 23.4 Å². The summed E-state index contributed by atoms with van der Waals surface area (Å²) in [6, 6.07) is 7.25. The number of nitrogens with zero attached hydrogens (tertiary/aromatic N) is 3. The highest BCUT2D eigenvalue weighted by atomic mass is 19.4. The van der Waals surface area contributed by atoms with Gasteiger partial charge in [-0.1, -0.05) is 13.0 Å². The molecule has 0 radical (unpaired) electrons. The van der Waals surface area contributed by atoms with Gasteiger partial charge in [0.25, 0.3) is 11.8 Å². The molecule has 2 aromatic rings. The number of carbonyl (C=O) groups excluding carboxylic acids is 2. The number of amides is 2. The third-order valence-electron chi connectivity index (χ3n) is 8.21. The molecule has 1 aliphatic carbocycles. The number of alkyl halides is 3. The lowest BCUT2D eigenvalue weighted by atomic mass is 9.86. The molecule has 2 bridgehead atoms. The van der Waals surface area contributed by atoms with Gasteiger partial charge in [-0.15, -0.1) is 0 Å². The van der Waals surface area contributed by atoms with Gasteiger partial charge in [0.15, 0.2) is 0 Å². The van der Waals surface area contributed by atoms with E-state index in [1.807, 2.05) is 17.0 Å². The Labute approximate surface area is 213 Å². The number of pyridine rings is 1. The molecule has 7 nitrogen and oxygen atoms in total. The normalized spacial score (nSPS) is 27.1. The van der Waals surface area contributed by atoms with Crippen molar-refractivity contribution in [1.29, 1.82) is 0 Å². The van der Waals surface area contributed by atoms with E-state index in [1.54, 1.807) is 0 Å². The van der Waals surface area contributed by atoms with Crippen molar-refractivity contribution in [2.24, 2.45) is 5.92 Å². The largest absolute Gasteiger partial charge is 0.433 e. The molecular formula is C27H29F3N4O3. The summed E-state index contributed by atoms with van der Waals surface area (Å²) in [6.07, 6.45) is 0.446. The SMILES string of the molecule is C[C@H]1CC[C@H](N2Cc3cc(NC(=O)c4cccc(C(F)(F)F)n4)c(N4C[C@@H]5C[C@H]4CO5)cc3C2=O)CC1. The van der Waals surface area contributed by atoms with E-state index in [4.69, 9.17) is 4.74 Å². The highest BCUT2D eigenvalue weighted by Gasteiger charge is 2.42. The Morgan fingerprint density at radius 1 is 1.11 bits per heavy atom. The molecule has 6 rings (SSSR count). The number of hydrogen-bond acceptors (Lipinski definition) is 5. The molecule has 4 heterocycles. The number of halogens is 3. The molecule has 196 valence electrons. The van der Waals surface area contributed by atoms with Gasteiger partial charge in [-0.2, -0.15) is 13.2 Å². The molecule has 37 heavy (non-hydrogen) atoms. The quantitative estimate of drug-likeness (QED) is 0.631. The zero-order chi connectivity index (χ0) is 25.9. The Hall–Kier alpha value is -3.14. The summed E-state index contributed by atoms with van der Waals surface area (Å²) < 4.78 is 45.2. The van der Waals surface area contributed by atoms with Gasteiger partial charge in [-0.05, 0) is 67.9 Å². The molecule has 2 amide bonds. The van der Waals surface area contributed by atoms with E-state index >= 15 is 0 Å². The molecule has 1 aromatic heterocycles. The Morgan fingerprint density at radius 2 is 1.89 bits per heavy atom. The fourth-order valence-corrected chi connectivity index (χ4v) is 6.16. The van der Waals surface area contributed by atoms with E-state index in [2.05, 4.69) is 22.1 Å². The van der Waals surface area contributed by atoms with Crippen molar-refractivity contribution in [3.8, 4) is 0 Å². The van der Waals surface area contributed by atoms with E-state index in [0.717, 1.165) is 43.7 Å². The zero-order valence-corrected chi connectivity index (χ0v) is 20.6. The van der Waals surface area contributed by atoms with Crippen molar-refractivity contribution in [3.05, 3.63) is 52.8 Å². The predicted molar refractivity (Wildman–Crippen MR) is 130 cm³/mol. The summed E-state index contributed by atoms with van der Waals surface area (Å²) in [7, 11) is 0. The van der Waals surface area contributed by atoms with Crippen molar-refractivity contribution in [2.45, 2.75) is 69.9 Å². The van der Waals surface area contributed by atoms with Crippen molar-refractivity contribution in [3.63, 3.8) is 0 Å². The third kappa shape index (κ3) is 4.45. The number of aromatic nitrogens is 1. The number of anilines is 2. The lowest BCUT2D eigenvalue weighted by molar-refractivity contribution is -0.141. The third-order valence-corrected chi connectivity index (χ3v) is 8.21. The maximum Gasteiger partial charge on any atom is 0.433 e. The Morgan fingerprint density at radius 3 is 2.57 bits per heavy atom. The molecule has 4 aliphatic rings. The first kappa shape index (κ1) is 24.2. The van der Waals surface area contributed by atoms with E-state index < -0.39 is 17.8 Å². The van der Waals surface area contributed by atoms with Crippen LogP contribution in [-0.4, -0.2) is 53.0 Å². The molecule has 0 unspecified atom stereocenters. The zero-order valence-electron chi connectivity index (χ0n) is 20.6. The highest BCUT2D eigenvalue weighted by molar-refractivity contribution is 6.07. The molecule has 3 aliphatic heterocycles. The second-order valence-corrected chi connectivity index (χ2v) is 10.7. The molecule has 3 fully saturated rings. The molecular weight excluding hydrogens is 485 g/mol. The Kier molecular flexibility index (Phi) is 5.89. The minimum absolute atomic E-state index is 0.00818. The van der Waals surface area contributed by atoms with Crippen LogP contribution in [0.2, 0.25) is 0 Å². The maximum absolute atomic E-state index is 13.5. The van der Waals surface area contributed by atoms with E-state index in [1.165, 1.54) is 12.1 Å². The number of ether oxygens (including phenoxy) is 1. The summed E-state index contributed by atoms with van der Waals surface area (Å²) in [5.41, 5.74) is 1.19. The first-order chi connectivity index (χ1) is 17.7. The average molecular weight is 515 g/mol. The fourth-order valence-electron chi connectivity index (χ4n) is 6.16. The number of benzene rings is 1. The minimum Gasteiger partial charge on any atom is -0.374 e. The lowest BCUT2D eigenvalue weighted by Crippen LogP contribution is -2.38. The monoisotopic (exact) mass is 514 g/mol. The van der Waals surface area contributed by atoms with E-state index in [9.17, 15) is 22.8 Å². The number of morpholine rings is 1. The standard InChI is InChI=1S/C27H29F3N4O3/c1-15-5-7-17(8-6-15)34-12-16-9-22(32-25(35)21-3-2-4-24(31-21)27(28,29)30)23(11-20(16)26(34)36)33-13-19-10-18(33)14-37-19/h2-4,9,11,15,17-19H,5-8,10,12-14H2,1H3,(H,32,35)/t15-,17-,18-,19-/m0/s1. The summed E-state index contributed by atoms with van der Waals surface area (Å²) in [4.78, 5) is 34.2. The molecule has 1 saturated carbocycles. The van der Waals surface area contributed by atoms with Gasteiger partial charge in [0.05, 0.1) is 30.1 Å². The molecule has 1 N–H and O–H groups in total. The first-order valence-electron chi connectivity index (χ1n) is 12.9. The van der Waals surface area contributed by atoms with Crippen LogP contribution in [0.3, 0.4) is 0 Å². The molecule has 2 atom stereocenters. The first-order valence-corrected chi connectivity index (χ1v) is 12.9. The maximum atomic E-state index is 13.5. The van der Waals surface area contributed by atoms with Crippen molar-refractivity contribution in [1.82, 2.24) is 9.88 Å². The van der Waals surface area contributed by atoms with Gasteiger partial charge in [-0.3, -0.25) is 9.59 Å². The number of fused-ring (bicyclic) bond motifs is 3. The van der Waals surface area contributed by atoms with Gasteiger partial charge in [-0.25, -0.2) is 4.98 Å². The number of hydrogen-bond donors (Lipinski definition) is 1. The number of carbonyl (C=O) groups is 2. The van der Waals surface area contributed by atoms with Crippen LogP contribution in [0.5, 0.6) is 0 Å². The molecule has 2 saturated heterocycles. The van der Waals surface area contributed by atoms with Crippen LogP contribution in [0, 0.1) is 5.92 Å². The van der Waals surface area contributed by atoms with Crippen LogP contribution in [0.4, 0.5) is 24.5 Å². The second kappa shape index (κ2) is 9.01. The minimum atomic E-state index is -4.65. The van der Waals surface area contributed by atoms with Crippen LogP contribution in [0.25, 0.3) is 0 Å². The van der Waals surface area contributed by atoms with Crippen molar-refractivity contribution < 1.29 is 27.5 Å². The Bertz CT molecular complexity index is 1240. The lowest BCUT2D eigenvalue weighted by Gasteiger charge is -2.33. The number of nitrogens with one attached hydrogen (secondary N) is 1. The summed E-state index contributed by atoms with van der Waals surface area (Å²) in [5.74, 6) is -0.0498. The van der Waals surface area contributed by atoms with Crippen LogP contribution < -0.4 is 10.2 Å². The summed E-state index contributed by atoms with van der Waals surface area (Å²) in [6.45, 7) is 3.90. The van der Waals surface area contributed by atoms with Crippen LogP contribution in [-0.2, 0) is 17.5 Å². The van der Waals surface area contributed by atoms with Crippen LogP contribution in [0.1, 0.15) is 71.1 Å². The van der Waals surface area contributed by atoms with Gasteiger partial charge in [0.1, 0.15) is 11.4 Å².